The van der Waals surface area contributed by atoms with Crippen LogP contribution in [0.2, 0.25) is 0 Å². The first-order chi connectivity index (χ1) is 16.5. The number of hydrogen-bond acceptors (Lipinski definition) is 13. The molecule has 1 saturated carbocycles. The highest BCUT2D eigenvalue weighted by Gasteiger charge is 2.54. The maximum absolute atomic E-state index is 12.3. The number of carboxylic acid groups (broad SMARTS) is 1. The van der Waals surface area contributed by atoms with Crippen LogP contribution in [-0.2, 0) is 38.1 Å². The Kier molecular flexibility index (Phi) is 8.69. The monoisotopic (exact) mass is 506 g/mol. The summed E-state index contributed by atoms with van der Waals surface area (Å²) in [5.41, 5.74) is 0.141. The van der Waals surface area contributed by atoms with Crippen LogP contribution in [0.25, 0.3) is 0 Å². The topological polar surface area (TPSA) is 219 Å². The van der Waals surface area contributed by atoms with Crippen LogP contribution in [0.3, 0.4) is 0 Å². The summed E-state index contributed by atoms with van der Waals surface area (Å²) in [4.78, 5) is 35.3. The quantitative estimate of drug-likeness (QED) is 0.184. The Hall–Kier alpha value is -2.33. The van der Waals surface area contributed by atoms with Crippen LogP contribution in [0.1, 0.15) is 19.8 Å². The van der Waals surface area contributed by atoms with Gasteiger partial charge in [-0.1, -0.05) is 6.92 Å². The van der Waals surface area contributed by atoms with Crippen LogP contribution in [0.5, 0.6) is 0 Å². The minimum absolute atomic E-state index is 0.125. The smallest absolute Gasteiger partial charge is 0.337 e. The van der Waals surface area contributed by atoms with E-state index in [1.165, 1.54) is 7.11 Å². The fourth-order valence-electron chi connectivity index (χ4n) is 4.70. The molecule has 0 spiro atoms. The number of carbonyl (C=O) groups excluding carboxylic acids is 2. The summed E-state index contributed by atoms with van der Waals surface area (Å²) in [5, 5.41) is 57.9. The molecule has 1 saturated heterocycles. The van der Waals surface area contributed by atoms with Crippen LogP contribution in [-0.4, -0.2) is 111 Å². The van der Waals surface area contributed by atoms with Gasteiger partial charge in [-0.15, -0.1) is 0 Å². The van der Waals surface area contributed by atoms with Crippen molar-refractivity contribution < 1.29 is 68.7 Å². The molecule has 0 aromatic rings. The van der Waals surface area contributed by atoms with Crippen molar-refractivity contribution in [2.24, 2.45) is 17.8 Å². The minimum atomic E-state index is -1.93. The Labute approximate surface area is 199 Å². The van der Waals surface area contributed by atoms with Gasteiger partial charge >= 0.3 is 17.9 Å². The maximum atomic E-state index is 12.3. The molecule has 198 valence electrons. The molecule has 0 radical (unpaired) electrons. The zero-order valence-corrected chi connectivity index (χ0v) is 19.0. The van der Waals surface area contributed by atoms with E-state index in [4.69, 9.17) is 28.8 Å². The van der Waals surface area contributed by atoms with Crippen LogP contribution < -0.4 is 0 Å². The summed E-state index contributed by atoms with van der Waals surface area (Å²) in [6.45, 7) is 1.02. The number of aliphatic hydroxyl groups excluding tert-OH is 5. The number of carbonyl (C=O) groups is 3. The average Bonchev–Trinajstić information content (AvgIpc) is 3.14. The molecule has 3 rings (SSSR count). The molecule has 1 aliphatic carbocycles. The lowest BCUT2D eigenvalue weighted by molar-refractivity contribution is -0.342. The zero-order chi connectivity index (χ0) is 26.0. The third kappa shape index (κ3) is 5.58. The van der Waals surface area contributed by atoms with E-state index in [1.807, 2.05) is 0 Å². The molecular weight excluding hydrogens is 476 g/mol. The van der Waals surface area contributed by atoms with Crippen molar-refractivity contribution in [3.8, 4) is 0 Å². The second-order valence-electron chi connectivity index (χ2n) is 8.77. The average molecular weight is 506 g/mol. The van der Waals surface area contributed by atoms with Crippen molar-refractivity contribution in [3.63, 3.8) is 0 Å². The molecule has 3 aliphatic rings. The van der Waals surface area contributed by atoms with Gasteiger partial charge in [0.15, 0.2) is 12.4 Å². The fourth-order valence-corrected chi connectivity index (χ4v) is 4.70. The van der Waals surface area contributed by atoms with Gasteiger partial charge in [-0.3, -0.25) is 4.79 Å². The summed E-state index contributed by atoms with van der Waals surface area (Å²) in [5.74, 6) is -4.98. The van der Waals surface area contributed by atoms with Crippen LogP contribution in [0.4, 0.5) is 0 Å². The third-order valence-corrected chi connectivity index (χ3v) is 6.65. The standard InChI is InChI=1S/C21H30O14/c1-7-11(33-13(24)4-10(23)18(28)29)3-8-9(19(30)31-2)6-32-20(14(7)8)35-21-17(27)16(26)15(25)12(5-22)34-21/h6-8,10-12,14-17,20-23,25-27H,3-5H2,1-2H3,(H,28,29)/t7-,8+,10?,11-,12+,14+,15+,16-,17+,20-,21-/m0/s1. The first-order valence-corrected chi connectivity index (χ1v) is 11.0. The predicted molar refractivity (Wildman–Crippen MR) is 109 cm³/mol. The number of aliphatic hydroxyl groups is 5. The van der Waals surface area contributed by atoms with Gasteiger partial charge in [-0.2, -0.15) is 0 Å². The first kappa shape index (κ1) is 27.3. The number of ether oxygens (including phenoxy) is 5. The first-order valence-electron chi connectivity index (χ1n) is 11.0. The lowest BCUT2D eigenvalue weighted by Gasteiger charge is -2.43. The number of esters is 2. The molecule has 11 atom stereocenters. The summed E-state index contributed by atoms with van der Waals surface area (Å²) >= 11 is 0. The Bertz CT molecular complexity index is 827. The number of aliphatic carboxylic acids is 1. The molecule has 14 nitrogen and oxygen atoms in total. The number of carboxylic acids is 1. The normalized spacial score (nSPS) is 39.6. The zero-order valence-electron chi connectivity index (χ0n) is 19.0. The van der Waals surface area contributed by atoms with Gasteiger partial charge in [0.25, 0.3) is 0 Å². The Balaban J connectivity index is 1.79. The van der Waals surface area contributed by atoms with E-state index in [2.05, 4.69) is 0 Å². The van der Waals surface area contributed by atoms with Crippen molar-refractivity contribution in [1.82, 2.24) is 0 Å². The summed E-state index contributed by atoms with van der Waals surface area (Å²) in [6.07, 6.45) is -11.1. The van der Waals surface area contributed by atoms with E-state index in [0.717, 1.165) is 6.26 Å². The molecule has 2 aliphatic heterocycles. The van der Waals surface area contributed by atoms with E-state index in [1.54, 1.807) is 6.92 Å². The molecule has 2 fully saturated rings. The molecule has 0 aromatic heterocycles. The van der Waals surface area contributed by atoms with Gasteiger partial charge in [0.05, 0.1) is 32.0 Å². The highest BCUT2D eigenvalue weighted by Crippen LogP contribution is 2.48. The molecule has 6 N–H and O–H groups in total. The van der Waals surface area contributed by atoms with E-state index >= 15 is 0 Å². The fraction of sp³-hybridized carbons (Fsp3) is 0.762. The molecular formula is C21H30O14. The van der Waals surface area contributed by atoms with Crippen molar-refractivity contribution in [2.45, 2.75) is 69.0 Å². The summed E-state index contributed by atoms with van der Waals surface area (Å²) in [7, 11) is 1.18. The van der Waals surface area contributed by atoms with Crippen molar-refractivity contribution in [1.29, 1.82) is 0 Å². The molecule has 0 amide bonds. The van der Waals surface area contributed by atoms with E-state index < -0.39 is 97.9 Å². The van der Waals surface area contributed by atoms with Gasteiger partial charge in [0, 0.05) is 17.8 Å². The third-order valence-electron chi connectivity index (χ3n) is 6.65. The second kappa shape index (κ2) is 11.2. The minimum Gasteiger partial charge on any atom is -0.479 e. The van der Waals surface area contributed by atoms with Gasteiger partial charge < -0.3 is 54.3 Å². The van der Waals surface area contributed by atoms with E-state index in [9.17, 15) is 39.9 Å². The Morgan fingerprint density at radius 3 is 2.43 bits per heavy atom. The second-order valence-corrected chi connectivity index (χ2v) is 8.77. The van der Waals surface area contributed by atoms with Crippen molar-refractivity contribution >= 4 is 17.9 Å². The lowest BCUT2D eigenvalue weighted by atomic mass is 9.83. The predicted octanol–water partition coefficient (Wildman–Crippen LogP) is -2.76. The largest absolute Gasteiger partial charge is 0.479 e. The van der Waals surface area contributed by atoms with Crippen molar-refractivity contribution in [2.75, 3.05) is 13.7 Å². The van der Waals surface area contributed by atoms with Gasteiger partial charge in [0.2, 0.25) is 6.29 Å². The Morgan fingerprint density at radius 2 is 1.83 bits per heavy atom. The van der Waals surface area contributed by atoms with Gasteiger partial charge in [0.1, 0.15) is 30.5 Å². The highest BCUT2D eigenvalue weighted by atomic mass is 16.8. The van der Waals surface area contributed by atoms with E-state index in [-0.39, 0.29) is 12.0 Å². The SMILES string of the molecule is COC(=O)C1=CO[C@@H](O[C@@H]2O[C@H](CO)[C@@H](O)[C@H](O)[C@H]2O)[C@@H]2[C@@H](C)[C@@H](OC(=O)CC(O)C(=O)O)C[C@H]12. The lowest BCUT2D eigenvalue weighted by Crippen LogP contribution is -2.60. The molecule has 0 aromatic carbocycles. The highest BCUT2D eigenvalue weighted by molar-refractivity contribution is 5.89. The van der Waals surface area contributed by atoms with Crippen LogP contribution >= 0.6 is 0 Å². The van der Waals surface area contributed by atoms with E-state index in [0.29, 0.717) is 0 Å². The molecule has 1 unspecified atom stereocenters. The number of fused-ring (bicyclic) bond motifs is 1. The van der Waals surface area contributed by atoms with Gasteiger partial charge in [-0.25, -0.2) is 9.59 Å². The Morgan fingerprint density at radius 1 is 1.14 bits per heavy atom. The molecule has 35 heavy (non-hydrogen) atoms. The summed E-state index contributed by atoms with van der Waals surface area (Å²) in [6, 6.07) is 0. The molecule has 14 heteroatoms. The van der Waals surface area contributed by atoms with Crippen LogP contribution in [0, 0.1) is 17.8 Å². The summed E-state index contributed by atoms with van der Waals surface area (Å²) < 4.78 is 26.9. The number of methoxy groups -OCH3 is 1. The molecule has 2 heterocycles. The number of rotatable bonds is 8. The van der Waals surface area contributed by atoms with Crippen LogP contribution in [0.15, 0.2) is 11.8 Å². The molecule has 0 bridgehead atoms. The maximum Gasteiger partial charge on any atom is 0.337 e. The van der Waals surface area contributed by atoms with Gasteiger partial charge in [-0.05, 0) is 6.42 Å². The van der Waals surface area contributed by atoms with Crippen molar-refractivity contribution in [3.05, 3.63) is 11.8 Å². The number of hydrogen-bond donors (Lipinski definition) is 6.